The Morgan fingerprint density at radius 2 is 1.92 bits per heavy atom. The molecule has 3 aromatic rings. The average Bonchev–Trinajstić information content (AvgIpc) is 3.19. The van der Waals surface area contributed by atoms with Gasteiger partial charge in [0.1, 0.15) is 0 Å². The molecule has 3 heterocycles. The maximum Gasteiger partial charge on any atom is 0.190 e. The molecule has 4 nitrogen and oxygen atoms in total. The standard InChI is InChI=1S/C20H26N4S2/c1-4-15-5-6-16-17(11-15)25-20(22-16)23-19-21-14(3)18(26-19)12-24-9-7-13(2)8-10-24/h5-6,11,13H,4,7-10,12H2,1-3H3,(H,21,22,23). The summed E-state index contributed by atoms with van der Waals surface area (Å²) in [6, 6.07) is 6.52. The van der Waals surface area contributed by atoms with Crippen molar-refractivity contribution in [2.75, 3.05) is 18.4 Å². The largest absolute Gasteiger partial charge is 0.307 e. The summed E-state index contributed by atoms with van der Waals surface area (Å²) in [5.41, 5.74) is 3.56. The Morgan fingerprint density at radius 1 is 1.15 bits per heavy atom. The number of nitrogens with zero attached hydrogens (tertiary/aromatic N) is 3. The normalized spacial score (nSPS) is 16.4. The molecule has 1 aliphatic heterocycles. The molecular weight excluding hydrogens is 360 g/mol. The van der Waals surface area contributed by atoms with E-state index in [1.807, 2.05) is 0 Å². The first-order chi connectivity index (χ1) is 12.6. The van der Waals surface area contributed by atoms with Crippen LogP contribution < -0.4 is 5.32 Å². The number of thiazole rings is 2. The van der Waals surface area contributed by atoms with Crippen LogP contribution in [0.2, 0.25) is 0 Å². The molecule has 0 aliphatic carbocycles. The van der Waals surface area contributed by atoms with Gasteiger partial charge < -0.3 is 5.32 Å². The summed E-state index contributed by atoms with van der Waals surface area (Å²) in [5, 5.41) is 5.32. The van der Waals surface area contributed by atoms with E-state index in [-0.39, 0.29) is 0 Å². The lowest BCUT2D eigenvalue weighted by Crippen LogP contribution is -2.32. The first-order valence-electron chi connectivity index (χ1n) is 9.46. The van der Waals surface area contributed by atoms with Gasteiger partial charge in [-0.05, 0) is 62.9 Å². The highest BCUT2D eigenvalue weighted by molar-refractivity contribution is 7.22. The predicted molar refractivity (Wildman–Crippen MR) is 113 cm³/mol. The molecule has 2 aromatic heterocycles. The summed E-state index contributed by atoms with van der Waals surface area (Å²) in [7, 11) is 0. The van der Waals surface area contributed by atoms with E-state index >= 15 is 0 Å². The Balaban J connectivity index is 1.47. The van der Waals surface area contributed by atoms with Crippen LogP contribution in [0, 0.1) is 12.8 Å². The number of benzene rings is 1. The maximum atomic E-state index is 4.74. The van der Waals surface area contributed by atoms with Crippen LogP contribution in [0.1, 0.15) is 42.8 Å². The van der Waals surface area contributed by atoms with Gasteiger partial charge in [0.2, 0.25) is 0 Å². The van der Waals surface area contributed by atoms with Crippen molar-refractivity contribution in [2.24, 2.45) is 5.92 Å². The van der Waals surface area contributed by atoms with Gasteiger partial charge in [-0.25, -0.2) is 9.97 Å². The van der Waals surface area contributed by atoms with Crippen LogP contribution in [0.5, 0.6) is 0 Å². The quantitative estimate of drug-likeness (QED) is 0.620. The van der Waals surface area contributed by atoms with Crippen LogP contribution in [0.15, 0.2) is 18.2 Å². The number of hydrogen-bond donors (Lipinski definition) is 1. The Kier molecular flexibility index (Phi) is 5.25. The molecule has 138 valence electrons. The number of aromatic nitrogens is 2. The summed E-state index contributed by atoms with van der Waals surface area (Å²) in [4.78, 5) is 13.4. The highest BCUT2D eigenvalue weighted by Gasteiger charge is 2.18. The number of nitrogens with one attached hydrogen (secondary N) is 1. The smallest absolute Gasteiger partial charge is 0.190 e. The monoisotopic (exact) mass is 386 g/mol. The Hall–Kier alpha value is -1.50. The minimum atomic E-state index is 0.873. The van der Waals surface area contributed by atoms with Gasteiger partial charge in [0.25, 0.3) is 0 Å². The third kappa shape index (κ3) is 3.92. The minimum Gasteiger partial charge on any atom is -0.307 e. The summed E-state index contributed by atoms with van der Waals surface area (Å²) in [6.45, 7) is 10.1. The van der Waals surface area contributed by atoms with E-state index in [4.69, 9.17) is 9.97 Å². The fourth-order valence-corrected chi connectivity index (χ4v) is 5.38. The molecule has 26 heavy (non-hydrogen) atoms. The number of anilines is 2. The van der Waals surface area contributed by atoms with Gasteiger partial charge in [-0.2, -0.15) is 0 Å². The number of likely N-dealkylation sites (tertiary alicyclic amines) is 1. The van der Waals surface area contributed by atoms with E-state index in [9.17, 15) is 0 Å². The van der Waals surface area contributed by atoms with Crippen LogP contribution in [0.25, 0.3) is 10.2 Å². The molecule has 0 amide bonds. The zero-order valence-corrected chi connectivity index (χ0v) is 17.3. The number of rotatable bonds is 5. The third-order valence-electron chi connectivity index (χ3n) is 5.21. The predicted octanol–water partition coefficient (Wildman–Crippen LogP) is 5.60. The van der Waals surface area contributed by atoms with Crippen LogP contribution >= 0.6 is 22.7 Å². The highest BCUT2D eigenvalue weighted by Crippen LogP contribution is 2.32. The summed E-state index contributed by atoms with van der Waals surface area (Å²) >= 11 is 3.48. The number of piperidine rings is 1. The molecule has 6 heteroatoms. The SMILES string of the molecule is CCc1ccc2nc(Nc3nc(C)c(CN4CCC(C)CC4)s3)sc2c1. The second-order valence-electron chi connectivity index (χ2n) is 7.29. The number of hydrogen-bond acceptors (Lipinski definition) is 6. The van der Waals surface area contributed by atoms with Crippen molar-refractivity contribution in [3.8, 4) is 0 Å². The van der Waals surface area contributed by atoms with Gasteiger partial charge in [-0.1, -0.05) is 31.3 Å². The summed E-state index contributed by atoms with van der Waals surface area (Å²) in [5.74, 6) is 0.873. The highest BCUT2D eigenvalue weighted by atomic mass is 32.1. The lowest BCUT2D eigenvalue weighted by Gasteiger charge is -2.29. The van der Waals surface area contributed by atoms with E-state index in [0.717, 1.165) is 40.4 Å². The van der Waals surface area contributed by atoms with Crippen molar-refractivity contribution in [1.82, 2.24) is 14.9 Å². The average molecular weight is 387 g/mol. The second kappa shape index (κ2) is 7.62. The van der Waals surface area contributed by atoms with Gasteiger partial charge >= 0.3 is 0 Å². The van der Waals surface area contributed by atoms with E-state index < -0.39 is 0 Å². The topological polar surface area (TPSA) is 41.1 Å². The third-order valence-corrected chi connectivity index (χ3v) is 7.20. The molecule has 1 aromatic carbocycles. The molecular formula is C20H26N4S2. The second-order valence-corrected chi connectivity index (χ2v) is 9.40. The summed E-state index contributed by atoms with van der Waals surface area (Å²) < 4.78 is 1.24. The fourth-order valence-electron chi connectivity index (χ4n) is 3.39. The van der Waals surface area contributed by atoms with Crippen molar-refractivity contribution in [1.29, 1.82) is 0 Å². The first kappa shape index (κ1) is 17.9. The van der Waals surface area contributed by atoms with E-state index in [1.165, 1.54) is 41.1 Å². The molecule has 0 spiro atoms. The van der Waals surface area contributed by atoms with Gasteiger partial charge in [0, 0.05) is 11.4 Å². The lowest BCUT2D eigenvalue weighted by molar-refractivity contribution is 0.186. The molecule has 1 N–H and O–H groups in total. The Bertz CT molecular complexity index is 890. The minimum absolute atomic E-state index is 0.873. The Labute approximate surface area is 163 Å². The van der Waals surface area contributed by atoms with Crippen LogP contribution in [-0.4, -0.2) is 28.0 Å². The molecule has 1 saturated heterocycles. The van der Waals surface area contributed by atoms with E-state index in [0.29, 0.717) is 0 Å². The van der Waals surface area contributed by atoms with E-state index in [1.54, 1.807) is 22.7 Å². The zero-order chi connectivity index (χ0) is 18.1. The van der Waals surface area contributed by atoms with Gasteiger partial charge in [-0.15, -0.1) is 11.3 Å². The molecule has 4 rings (SSSR count). The van der Waals surface area contributed by atoms with Gasteiger partial charge in [-0.3, -0.25) is 4.90 Å². The van der Waals surface area contributed by atoms with Crippen molar-refractivity contribution in [3.63, 3.8) is 0 Å². The molecule has 1 fully saturated rings. The van der Waals surface area contributed by atoms with Crippen LogP contribution in [0.3, 0.4) is 0 Å². The van der Waals surface area contributed by atoms with Crippen LogP contribution in [-0.2, 0) is 13.0 Å². The van der Waals surface area contributed by atoms with Crippen LogP contribution in [0.4, 0.5) is 10.3 Å². The molecule has 0 unspecified atom stereocenters. The van der Waals surface area contributed by atoms with Gasteiger partial charge in [0.05, 0.1) is 15.9 Å². The number of fused-ring (bicyclic) bond motifs is 1. The van der Waals surface area contributed by atoms with Crippen molar-refractivity contribution < 1.29 is 0 Å². The summed E-state index contributed by atoms with van der Waals surface area (Å²) in [6.07, 6.45) is 3.68. The van der Waals surface area contributed by atoms with Gasteiger partial charge in [0.15, 0.2) is 10.3 Å². The molecule has 0 saturated carbocycles. The zero-order valence-electron chi connectivity index (χ0n) is 15.7. The van der Waals surface area contributed by atoms with Crippen molar-refractivity contribution in [2.45, 2.75) is 46.6 Å². The Morgan fingerprint density at radius 3 is 2.69 bits per heavy atom. The van der Waals surface area contributed by atoms with E-state index in [2.05, 4.69) is 49.2 Å². The van der Waals surface area contributed by atoms with Crippen molar-refractivity contribution in [3.05, 3.63) is 34.3 Å². The molecule has 0 atom stereocenters. The maximum absolute atomic E-state index is 4.74. The lowest BCUT2D eigenvalue weighted by atomic mass is 9.99. The number of aryl methyl sites for hydroxylation is 2. The molecule has 0 bridgehead atoms. The first-order valence-corrected chi connectivity index (χ1v) is 11.1. The van der Waals surface area contributed by atoms with Crippen molar-refractivity contribution >= 4 is 43.2 Å². The molecule has 0 radical (unpaired) electrons. The fraction of sp³-hybridized carbons (Fsp3) is 0.500. The molecule has 1 aliphatic rings.